The molecule has 0 atom stereocenters. The Bertz CT molecular complexity index is 549. The quantitative estimate of drug-likeness (QED) is 0.852. The molecular formula is C12H17NO4S. The molecule has 0 aliphatic heterocycles. The third-order valence-electron chi connectivity index (χ3n) is 2.39. The van der Waals surface area contributed by atoms with Gasteiger partial charge in [0.1, 0.15) is 0 Å². The van der Waals surface area contributed by atoms with Crippen LogP contribution in [0.1, 0.15) is 36.7 Å². The van der Waals surface area contributed by atoms with Crippen molar-refractivity contribution in [3.63, 3.8) is 0 Å². The Kier molecular flexibility index (Phi) is 4.48. The van der Waals surface area contributed by atoms with Crippen LogP contribution < -0.4 is 4.72 Å². The van der Waals surface area contributed by atoms with Gasteiger partial charge in [0, 0.05) is 6.04 Å². The highest BCUT2D eigenvalue weighted by molar-refractivity contribution is 7.89. The summed E-state index contributed by atoms with van der Waals surface area (Å²) in [5.74, 6) is -1.05. The van der Waals surface area contributed by atoms with Crippen molar-refractivity contribution in [2.24, 2.45) is 0 Å². The number of hydrogen-bond acceptors (Lipinski definition) is 3. The topological polar surface area (TPSA) is 83.5 Å². The van der Waals surface area contributed by atoms with Crippen molar-refractivity contribution < 1.29 is 18.3 Å². The molecule has 0 spiro atoms. The van der Waals surface area contributed by atoms with Crippen LogP contribution in [0, 0.1) is 0 Å². The van der Waals surface area contributed by atoms with E-state index in [2.05, 4.69) is 4.72 Å². The predicted octanol–water partition coefficient (Wildman–Crippen LogP) is 1.63. The van der Waals surface area contributed by atoms with Gasteiger partial charge in [0.25, 0.3) is 0 Å². The maximum atomic E-state index is 11.9. The van der Waals surface area contributed by atoms with Gasteiger partial charge in [-0.3, -0.25) is 0 Å². The van der Waals surface area contributed by atoms with Gasteiger partial charge in [-0.2, -0.15) is 0 Å². The number of sulfonamides is 1. The first-order valence-corrected chi connectivity index (χ1v) is 7.14. The van der Waals surface area contributed by atoms with Gasteiger partial charge in [0.15, 0.2) is 0 Å². The summed E-state index contributed by atoms with van der Waals surface area (Å²) in [4.78, 5) is 11.0. The average Bonchev–Trinajstić information content (AvgIpc) is 2.26. The fraction of sp³-hybridized carbons (Fsp3) is 0.417. The molecule has 1 aromatic rings. The third kappa shape index (κ3) is 3.30. The molecule has 0 aliphatic carbocycles. The molecule has 100 valence electrons. The summed E-state index contributed by atoms with van der Waals surface area (Å²) < 4.78 is 26.3. The van der Waals surface area contributed by atoms with Gasteiger partial charge in [-0.1, -0.05) is 6.92 Å². The summed E-state index contributed by atoms with van der Waals surface area (Å²) in [6.45, 7) is 5.24. The molecule has 0 saturated carbocycles. The fourth-order valence-corrected chi connectivity index (χ4v) is 2.92. The first kappa shape index (κ1) is 14.7. The largest absolute Gasteiger partial charge is 0.478 e. The number of carboxylic acids is 1. The molecule has 0 heterocycles. The lowest BCUT2D eigenvalue weighted by atomic mass is 10.1. The van der Waals surface area contributed by atoms with Gasteiger partial charge >= 0.3 is 5.97 Å². The lowest BCUT2D eigenvalue weighted by Gasteiger charge is -2.11. The van der Waals surface area contributed by atoms with Crippen LogP contribution in [0.4, 0.5) is 0 Å². The number of rotatable bonds is 5. The van der Waals surface area contributed by atoms with Crippen molar-refractivity contribution in [3.8, 4) is 0 Å². The summed E-state index contributed by atoms with van der Waals surface area (Å²) in [5.41, 5.74) is 0.648. The summed E-state index contributed by atoms with van der Waals surface area (Å²) >= 11 is 0. The SMILES string of the molecule is CCc1cc(S(=O)(=O)NC(C)C)ccc1C(=O)O. The van der Waals surface area contributed by atoms with Crippen molar-refractivity contribution in [3.05, 3.63) is 29.3 Å². The van der Waals surface area contributed by atoms with E-state index in [1.165, 1.54) is 18.2 Å². The zero-order valence-electron chi connectivity index (χ0n) is 10.6. The Labute approximate surface area is 107 Å². The van der Waals surface area contributed by atoms with Crippen molar-refractivity contribution in [1.29, 1.82) is 0 Å². The van der Waals surface area contributed by atoms with Crippen molar-refractivity contribution in [2.45, 2.75) is 38.1 Å². The van der Waals surface area contributed by atoms with Crippen LogP contribution in [0.3, 0.4) is 0 Å². The highest BCUT2D eigenvalue weighted by Crippen LogP contribution is 2.17. The van der Waals surface area contributed by atoms with E-state index >= 15 is 0 Å². The summed E-state index contributed by atoms with van der Waals surface area (Å²) in [6, 6.07) is 3.84. The Morgan fingerprint density at radius 2 is 2.00 bits per heavy atom. The third-order valence-corrected chi connectivity index (χ3v) is 4.05. The van der Waals surface area contributed by atoms with Crippen LogP contribution in [0.25, 0.3) is 0 Å². The summed E-state index contributed by atoms with van der Waals surface area (Å²) in [5, 5.41) is 8.97. The first-order chi connectivity index (χ1) is 8.27. The average molecular weight is 271 g/mol. The summed E-state index contributed by atoms with van der Waals surface area (Å²) in [6.07, 6.45) is 0.465. The normalized spacial score (nSPS) is 11.8. The highest BCUT2D eigenvalue weighted by atomic mass is 32.2. The zero-order chi connectivity index (χ0) is 13.9. The number of nitrogens with one attached hydrogen (secondary N) is 1. The van der Waals surface area contributed by atoms with E-state index in [4.69, 9.17) is 5.11 Å². The Morgan fingerprint density at radius 3 is 2.44 bits per heavy atom. The molecule has 1 aromatic carbocycles. The standard InChI is InChI=1S/C12H17NO4S/c1-4-9-7-10(5-6-11(9)12(14)15)18(16,17)13-8(2)3/h5-8,13H,4H2,1-3H3,(H,14,15). The van der Waals surface area contributed by atoms with Gasteiger partial charge in [-0.25, -0.2) is 17.9 Å². The second-order valence-electron chi connectivity index (χ2n) is 4.25. The van der Waals surface area contributed by atoms with Crippen LogP contribution in [-0.4, -0.2) is 25.5 Å². The molecule has 0 aromatic heterocycles. The fourth-order valence-electron chi connectivity index (χ4n) is 1.62. The number of benzene rings is 1. The molecule has 1 rings (SSSR count). The Balaban J connectivity index is 3.25. The summed E-state index contributed by atoms with van der Waals surface area (Å²) in [7, 11) is -3.58. The number of carbonyl (C=O) groups is 1. The van der Waals surface area contributed by atoms with Crippen LogP contribution in [0.15, 0.2) is 23.1 Å². The van der Waals surface area contributed by atoms with E-state index in [9.17, 15) is 13.2 Å². The minimum absolute atomic E-state index is 0.0954. The molecule has 0 saturated heterocycles. The van der Waals surface area contributed by atoms with Crippen LogP contribution in [0.2, 0.25) is 0 Å². The van der Waals surface area contributed by atoms with Gasteiger partial charge in [0.05, 0.1) is 10.5 Å². The number of hydrogen-bond donors (Lipinski definition) is 2. The monoisotopic (exact) mass is 271 g/mol. The van der Waals surface area contributed by atoms with Crippen LogP contribution >= 0.6 is 0 Å². The molecule has 0 fully saturated rings. The second-order valence-corrected chi connectivity index (χ2v) is 5.97. The Hall–Kier alpha value is -1.40. The maximum Gasteiger partial charge on any atom is 0.335 e. The van der Waals surface area contributed by atoms with E-state index < -0.39 is 16.0 Å². The van der Waals surface area contributed by atoms with E-state index in [0.717, 1.165) is 0 Å². The highest BCUT2D eigenvalue weighted by Gasteiger charge is 2.18. The molecule has 0 unspecified atom stereocenters. The number of aryl methyl sites for hydroxylation is 1. The second kappa shape index (κ2) is 5.49. The van der Waals surface area contributed by atoms with Gasteiger partial charge < -0.3 is 5.11 Å². The molecule has 18 heavy (non-hydrogen) atoms. The smallest absolute Gasteiger partial charge is 0.335 e. The van der Waals surface area contributed by atoms with Crippen LogP contribution in [0.5, 0.6) is 0 Å². The lowest BCUT2D eigenvalue weighted by molar-refractivity contribution is 0.0695. The lowest BCUT2D eigenvalue weighted by Crippen LogP contribution is -2.30. The van der Waals surface area contributed by atoms with Crippen molar-refractivity contribution in [2.75, 3.05) is 0 Å². The molecule has 0 bridgehead atoms. The predicted molar refractivity (Wildman–Crippen MR) is 68.2 cm³/mol. The molecule has 0 amide bonds. The van der Waals surface area contributed by atoms with Crippen LogP contribution in [-0.2, 0) is 16.4 Å². The van der Waals surface area contributed by atoms with E-state index in [-0.39, 0.29) is 16.5 Å². The molecule has 5 nitrogen and oxygen atoms in total. The molecule has 6 heteroatoms. The number of aromatic carboxylic acids is 1. The van der Waals surface area contributed by atoms with Gasteiger partial charge in [-0.15, -0.1) is 0 Å². The number of carboxylic acid groups (broad SMARTS) is 1. The van der Waals surface area contributed by atoms with E-state index in [1.54, 1.807) is 20.8 Å². The minimum Gasteiger partial charge on any atom is -0.478 e. The molecular weight excluding hydrogens is 254 g/mol. The minimum atomic E-state index is -3.58. The molecule has 0 radical (unpaired) electrons. The first-order valence-electron chi connectivity index (χ1n) is 5.66. The van der Waals surface area contributed by atoms with Gasteiger partial charge in [-0.05, 0) is 44.0 Å². The Morgan fingerprint density at radius 1 is 1.39 bits per heavy atom. The van der Waals surface area contributed by atoms with Gasteiger partial charge in [0.2, 0.25) is 10.0 Å². The van der Waals surface area contributed by atoms with Crippen molar-refractivity contribution in [1.82, 2.24) is 4.72 Å². The zero-order valence-corrected chi connectivity index (χ0v) is 11.4. The molecule has 0 aliphatic rings. The van der Waals surface area contributed by atoms with E-state index in [1.807, 2.05) is 0 Å². The van der Waals surface area contributed by atoms with E-state index in [0.29, 0.717) is 12.0 Å². The molecule has 2 N–H and O–H groups in total. The van der Waals surface area contributed by atoms with Crippen molar-refractivity contribution >= 4 is 16.0 Å². The maximum absolute atomic E-state index is 11.9.